The fourth-order valence-corrected chi connectivity index (χ4v) is 0.504. The summed E-state index contributed by atoms with van der Waals surface area (Å²) < 4.78 is 1.73. The summed E-state index contributed by atoms with van der Waals surface area (Å²) in [4.78, 5) is 13.4. The summed E-state index contributed by atoms with van der Waals surface area (Å²) >= 11 is 0. The first-order chi connectivity index (χ1) is 4.43. The molecule has 1 aromatic heterocycles. The van der Waals surface area contributed by atoms with Crippen molar-refractivity contribution in [1.82, 2.24) is 14.9 Å². The van der Waals surface area contributed by atoms with Gasteiger partial charge in [-0.15, -0.1) is 0 Å². The van der Waals surface area contributed by atoms with Crippen molar-refractivity contribution in [2.45, 2.75) is 6.67 Å². The first-order valence-electron chi connectivity index (χ1n) is 2.49. The van der Waals surface area contributed by atoms with Gasteiger partial charge in [-0.3, -0.25) is 4.79 Å². The molecule has 0 aliphatic carbocycles. The van der Waals surface area contributed by atoms with Gasteiger partial charge in [0.1, 0.15) is 0 Å². The van der Waals surface area contributed by atoms with Crippen LogP contribution in [0.1, 0.15) is 0 Å². The smallest absolute Gasteiger partial charge is 0.310 e. The third-order valence-corrected chi connectivity index (χ3v) is 0.893. The average molecular weight is 124 g/mol. The van der Waals surface area contributed by atoms with E-state index >= 15 is 0 Å². The summed E-state index contributed by atoms with van der Waals surface area (Å²) in [7, 11) is 0. The Hall–Kier alpha value is -1.32. The van der Waals surface area contributed by atoms with Crippen molar-refractivity contribution in [1.29, 1.82) is 0 Å². The number of rotatable bonds is 3. The Morgan fingerprint density at radius 1 is 1.78 bits per heavy atom. The number of aromatic nitrogens is 2. The number of imidazole rings is 1. The van der Waals surface area contributed by atoms with E-state index in [0.29, 0.717) is 6.67 Å². The lowest BCUT2D eigenvalue weighted by atomic mass is 10.9. The molecule has 0 fully saturated rings. The molecule has 47 valence electrons. The van der Waals surface area contributed by atoms with Crippen molar-refractivity contribution in [2.75, 3.05) is 0 Å². The Kier molecular flexibility index (Phi) is 1.85. The number of carbonyl (C=O) groups excluding carboxylic acids is 1. The molecular weight excluding hydrogens is 118 g/mol. The number of hydrogen-bond acceptors (Lipinski definition) is 2. The fraction of sp³-hybridized carbons (Fsp3) is 0.200. The minimum atomic E-state index is 0.434. The standard InChI is InChI=1S/C5H6N3O/c9-5-7-4-8-2-1-6-3-8/h1-3H,4H2,(H,7,9). The number of amides is 1. The second-order valence-corrected chi connectivity index (χ2v) is 1.51. The second-order valence-electron chi connectivity index (χ2n) is 1.51. The van der Waals surface area contributed by atoms with E-state index in [2.05, 4.69) is 10.3 Å². The molecule has 1 radical (unpaired) electrons. The maximum absolute atomic E-state index is 9.63. The van der Waals surface area contributed by atoms with Crippen molar-refractivity contribution >= 4 is 6.41 Å². The minimum Gasteiger partial charge on any atom is -0.330 e. The van der Waals surface area contributed by atoms with Gasteiger partial charge in [-0.25, -0.2) is 4.98 Å². The van der Waals surface area contributed by atoms with Gasteiger partial charge in [0.15, 0.2) is 0 Å². The number of hydrogen-bond donors (Lipinski definition) is 1. The van der Waals surface area contributed by atoms with Crippen LogP contribution in [-0.2, 0) is 11.5 Å². The highest BCUT2D eigenvalue weighted by atomic mass is 16.1. The molecule has 0 atom stereocenters. The Morgan fingerprint density at radius 3 is 3.22 bits per heavy atom. The van der Waals surface area contributed by atoms with Crippen LogP contribution in [0.3, 0.4) is 0 Å². The molecule has 4 nitrogen and oxygen atoms in total. The summed E-state index contributed by atoms with van der Waals surface area (Å²) in [5.74, 6) is 0. The molecular formula is C5H6N3O. The normalized spacial score (nSPS) is 8.89. The van der Waals surface area contributed by atoms with E-state index < -0.39 is 0 Å². The van der Waals surface area contributed by atoms with Crippen LogP contribution in [0.2, 0.25) is 0 Å². The molecule has 0 aliphatic rings. The van der Waals surface area contributed by atoms with Crippen LogP contribution in [0, 0.1) is 0 Å². The van der Waals surface area contributed by atoms with Crippen LogP contribution >= 0.6 is 0 Å². The molecule has 1 rings (SSSR count). The van der Waals surface area contributed by atoms with Gasteiger partial charge in [0.05, 0.1) is 13.0 Å². The summed E-state index contributed by atoms with van der Waals surface area (Å²) in [5.41, 5.74) is 0. The highest BCUT2D eigenvalue weighted by Gasteiger charge is 1.83. The molecule has 9 heavy (non-hydrogen) atoms. The maximum Gasteiger partial charge on any atom is 0.310 e. The van der Waals surface area contributed by atoms with Gasteiger partial charge < -0.3 is 9.88 Å². The summed E-state index contributed by atoms with van der Waals surface area (Å²) in [5, 5.41) is 2.37. The zero-order chi connectivity index (χ0) is 6.53. The third kappa shape index (κ3) is 1.56. The summed E-state index contributed by atoms with van der Waals surface area (Å²) in [6.07, 6.45) is 6.57. The van der Waals surface area contributed by atoms with Gasteiger partial charge in [-0.2, -0.15) is 0 Å². The van der Waals surface area contributed by atoms with E-state index in [9.17, 15) is 4.79 Å². The summed E-state index contributed by atoms with van der Waals surface area (Å²) in [6, 6.07) is 0. The van der Waals surface area contributed by atoms with Gasteiger partial charge in [-0.05, 0) is 0 Å². The van der Waals surface area contributed by atoms with E-state index in [1.807, 2.05) is 0 Å². The molecule has 0 spiro atoms. The van der Waals surface area contributed by atoms with Gasteiger partial charge in [0, 0.05) is 12.4 Å². The van der Waals surface area contributed by atoms with Crippen molar-refractivity contribution in [3.63, 3.8) is 0 Å². The lowest BCUT2D eigenvalue weighted by Gasteiger charge is -1.95. The lowest BCUT2D eigenvalue weighted by Crippen LogP contribution is -2.14. The largest absolute Gasteiger partial charge is 0.330 e. The molecule has 0 saturated heterocycles. The first kappa shape index (κ1) is 5.81. The third-order valence-electron chi connectivity index (χ3n) is 0.893. The quantitative estimate of drug-likeness (QED) is 0.552. The van der Waals surface area contributed by atoms with E-state index in [1.54, 1.807) is 29.7 Å². The van der Waals surface area contributed by atoms with Crippen LogP contribution in [0.5, 0.6) is 0 Å². The molecule has 0 aliphatic heterocycles. The first-order valence-corrected chi connectivity index (χ1v) is 2.49. The average Bonchev–Trinajstić information content (AvgIpc) is 2.34. The van der Waals surface area contributed by atoms with Crippen LogP contribution in [0.15, 0.2) is 18.7 Å². The number of nitrogens with zero attached hydrogens (tertiary/aromatic N) is 2. The van der Waals surface area contributed by atoms with E-state index in [1.165, 1.54) is 0 Å². The van der Waals surface area contributed by atoms with Crippen LogP contribution in [-0.4, -0.2) is 16.0 Å². The van der Waals surface area contributed by atoms with Crippen LogP contribution in [0.25, 0.3) is 0 Å². The van der Waals surface area contributed by atoms with Gasteiger partial charge >= 0.3 is 6.41 Å². The lowest BCUT2D eigenvalue weighted by molar-refractivity contribution is 0.527. The van der Waals surface area contributed by atoms with E-state index in [0.717, 1.165) is 0 Å². The molecule has 1 heterocycles. The van der Waals surface area contributed by atoms with Crippen molar-refractivity contribution in [3.8, 4) is 0 Å². The van der Waals surface area contributed by atoms with Crippen molar-refractivity contribution in [3.05, 3.63) is 18.7 Å². The maximum atomic E-state index is 9.63. The molecule has 0 saturated carbocycles. The van der Waals surface area contributed by atoms with Gasteiger partial charge in [0.2, 0.25) is 0 Å². The molecule has 0 bridgehead atoms. The van der Waals surface area contributed by atoms with Gasteiger partial charge in [0.25, 0.3) is 0 Å². The van der Waals surface area contributed by atoms with Crippen molar-refractivity contribution in [2.24, 2.45) is 0 Å². The predicted molar refractivity (Wildman–Crippen MR) is 31.1 cm³/mol. The fourth-order valence-electron chi connectivity index (χ4n) is 0.504. The molecule has 4 heteroatoms. The zero-order valence-electron chi connectivity index (χ0n) is 4.74. The minimum absolute atomic E-state index is 0.434. The Morgan fingerprint density at radius 2 is 2.67 bits per heavy atom. The molecule has 1 amide bonds. The molecule has 1 N–H and O–H groups in total. The topological polar surface area (TPSA) is 46.9 Å². The van der Waals surface area contributed by atoms with Crippen molar-refractivity contribution < 1.29 is 4.79 Å². The highest BCUT2D eigenvalue weighted by molar-refractivity contribution is 5.46. The second kappa shape index (κ2) is 2.86. The molecule has 0 aromatic carbocycles. The monoisotopic (exact) mass is 124 g/mol. The van der Waals surface area contributed by atoms with E-state index in [-0.39, 0.29) is 0 Å². The van der Waals surface area contributed by atoms with Crippen LogP contribution in [0.4, 0.5) is 0 Å². The number of nitrogens with one attached hydrogen (secondary N) is 1. The molecule has 0 unspecified atom stereocenters. The van der Waals surface area contributed by atoms with E-state index in [4.69, 9.17) is 0 Å². The zero-order valence-corrected chi connectivity index (χ0v) is 4.74. The predicted octanol–water partition coefficient (Wildman–Crippen LogP) is -0.503. The molecule has 1 aromatic rings. The van der Waals surface area contributed by atoms with Crippen LogP contribution < -0.4 is 5.32 Å². The van der Waals surface area contributed by atoms with Gasteiger partial charge in [-0.1, -0.05) is 0 Å². The Balaban J connectivity index is 2.38. The Labute approximate surface area is 52.5 Å². The Bertz CT molecular complexity index is 170. The highest BCUT2D eigenvalue weighted by Crippen LogP contribution is 1.79. The SMILES string of the molecule is O=[C]NCn1ccnc1. The summed E-state index contributed by atoms with van der Waals surface area (Å²) in [6.45, 7) is 0.434.